The first kappa shape index (κ1) is 21.6. The highest BCUT2D eigenvalue weighted by atomic mass is 19.4. The van der Waals surface area contributed by atoms with Crippen LogP contribution in [0.3, 0.4) is 0 Å². The van der Waals surface area contributed by atoms with E-state index in [9.17, 15) is 26.3 Å². The molecule has 0 amide bonds. The molecule has 9 heteroatoms. The number of hydrogen-bond donors (Lipinski definition) is 0. The van der Waals surface area contributed by atoms with E-state index in [2.05, 4.69) is 0 Å². The number of nitrogens with zero attached hydrogens (tertiary/aromatic N) is 1. The Balaban J connectivity index is 1.85. The predicted octanol–water partition coefficient (Wildman–Crippen LogP) is 5.62. The summed E-state index contributed by atoms with van der Waals surface area (Å²) in [5.41, 5.74) is -2.06. The van der Waals surface area contributed by atoms with Gasteiger partial charge in [0.2, 0.25) is 0 Å². The molecule has 2 aromatic rings. The minimum atomic E-state index is -4.89. The smallest absolute Gasteiger partial charge is 0.378 e. The van der Waals surface area contributed by atoms with E-state index in [0.717, 1.165) is 5.56 Å². The van der Waals surface area contributed by atoms with Gasteiger partial charge in [-0.05, 0) is 36.2 Å². The number of alkyl halides is 6. The third-order valence-corrected chi connectivity index (χ3v) is 4.59. The number of halogens is 6. The van der Waals surface area contributed by atoms with E-state index in [1.807, 2.05) is 37.3 Å². The molecule has 0 bridgehead atoms. The zero-order chi connectivity index (χ0) is 21.2. The molecule has 29 heavy (non-hydrogen) atoms. The van der Waals surface area contributed by atoms with Crippen molar-refractivity contribution in [2.24, 2.45) is 0 Å². The second-order valence-corrected chi connectivity index (χ2v) is 6.86. The van der Waals surface area contributed by atoms with Crippen molar-refractivity contribution in [3.8, 4) is 0 Å². The molecule has 158 valence electrons. The first-order valence-electron chi connectivity index (χ1n) is 8.88. The molecule has 0 aromatic heterocycles. The molecule has 1 saturated heterocycles. The van der Waals surface area contributed by atoms with Gasteiger partial charge in [-0.2, -0.15) is 31.4 Å². The standard InChI is InChI=1S/C20H19F6NO2/c1-13-10-28-12-18(15-5-3-2-4-6-15)27(13)29-11-14-7-16(19(21,22)23)9-17(8-14)20(24,25)26/h2-9,13,18H,10-12H2,1H3/t13-,18+/m0/s1. The Morgan fingerprint density at radius 1 is 0.931 bits per heavy atom. The van der Waals surface area contributed by atoms with Gasteiger partial charge in [-0.25, -0.2) is 0 Å². The van der Waals surface area contributed by atoms with E-state index in [1.54, 1.807) is 5.06 Å². The zero-order valence-electron chi connectivity index (χ0n) is 15.4. The van der Waals surface area contributed by atoms with Crippen molar-refractivity contribution in [1.82, 2.24) is 5.06 Å². The lowest BCUT2D eigenvalue weighted by Crippen LogP contribution is -2.45. The number of rotatable bonds is 4. The fraction of sp³-hybridized carbons (Fsp3) is 0.400. The maximum Gasteiger partial charge on any atom is 0.416 e. The van der Waals surface area contributed by atoms with Crippen molar-refractivity contribution in [3.63, 3.8) is 0 Å². The van der Waals surface area contributed by atoms with Crippen LogP contribution < -0.4 is 0 Å². The largest absolute Gasteiger partial charge is 0.416 e. The summed E-state index contributed by atoms with van der Waals surface area (Å²) in [5, 5.41) is 1.58. The lowest BCUT2D eigenvalue weighted by Gasteiger charge is -2.39. The highest BCUT2D eigenvalue weighted by Gasteiger charge is 2.37. The van der Waals surface area contributed by atoms with Crippen LogP contribution in [0.5, 0.6) is 0 Å². The van der Waals surface area contributed by atoms with Gasteiger partial charge in [0.1, 0.15) is 0 Å². The monoisotopic (exact) mass is 419 g/mol. The first-order chi connectivity index (χ1) is 13.6. The Morgan fingerprint density at radius 2 is 1.52 bits per heavy atom. The SMILES string of the molecule is C[C@H]1COC[C@H](c2ccccc2)N1OCc1cc(C(F)(F)F)cc(C(F)(F)F)c1. The second-order valence-electron chi connectivity index (χ2n) is 6.86. The summed E-state index contributed by atoms with van der Waals surface area (Å²) < 4.78 is 83.8. The van der Waals surface area contributed by atoms with E-state index >= 15 is 0 Å². The van der Waals surface area contributed by atoms with Gasteiger partial charge in [0, 0.05) is 0 Å². The Morgan fingerprint density at radius 3 is 2.07 bits per heavy atom. The van der Waals surface area contributed by atoms with Gasteiger partial charge in [-0.15, -0.1) is 0 Å². The maximum atomic E-state index is 13.0. The van der Waals surface area contributed by atoms with Crippen molar-refractivity contribution < 1.29 is 35.9 Å². The minimum Gasteiger partial charge on any atom is -0.378 e. The van der Waals surface area contributed by atoms with Crippen molar-refractivity contribution in [2.45, 2.75) is 38.0 Å². The van der Waals surface area contributed by atoms with Crippen molar-refractivity contribution in [1.29, 1.82) is 0 Å². The molecule has 1 aliphatic rings. The summed E-state index contributed by atoms with van der Waals surface area (Å²) in [6.07, 6.45) is -9.79. The first-order valence-corrected chi connectivity index (χ1v) is 8.88. The summed E-state index contributed by atoms with van der Waals surface area (Å²) in [6.45, 7) is 2.01. The van der Waals surface area contributed by atoms with E-state index in [4.69, 9.17) is 9.57 Å². The van der Waals surface area contributed by atoms with Gasteiger partial charge in [0.15, 0.2) is 0 Å². The normalized spacial score (nSPS) is 21.3. The molecular weight excluding hydrogens is 400 g/mol. The number of benzene rings is 2. The van der Waals surface area contributed by atoms with Crippen LogP contribution in [-0.4, -0.2) is 24.3 Å². The molecule has 3 nitrogen and oxygen atoms in total. The van der Waals surface area contributed by atoms with Gasteiger partial charge in [0.05, 0.1) is 43.0 Å². The molecule has 3 rings (SSSR count). The Labute approximate surface area is 163 Å². The zero-order valence-corrected chi connectivity index (χ0v) is 15.4. The predicted molar refractivity (Wildman–Crippen MR) is 92.5 cm³/mol. The maximum absolute atomic E-state index is 13.0. The number of ether oxygens (including phenoxy) is 1. The molecule has 2 atom stereocenters. The summed E-state index contributed by atoms with van der Waals surface area (Å²) in [4.78, 5) is 5.70. The lowest BCUT2D eigenvalue weighted by molar-refractivity contribution is -0.260. The molecule has 1 fully saturated rings. The van der Waals surface area contributed by atoms with Gasteiger partial charge in [-0.1, -0.05) is 30.3 Å². The molecule has 0 aliphatic carbocycles. The van der Waals surface area contributed by atoms with Crippen LogP contribution in [0.25, 0.3) is 0 Å². The molecule has 1 heterocycles. The van der Waals surface area contributed by atoms with Gasteiger partial charge in [-0.3, -0.25) is 4.84 Å². The van der Waals surface area contributed by atoms with Crippen molar-refractivity contribution in [3.05, 3.63) is 70.8 Å². The minimum absolute atomic E-state index is 0.105. The lowest BCUT2D eigenvalue weighted by atomic mass is 10.0. The number of hydrogen-bond acceptors (Lipinski definition) is 3. The molecule has 0 saturated carbocycles. The van der Waals surface area contributed by atoms with Gasteiger partial charge < -0.3 is 4.74 Å². The van der Waals surface area contributed by atoms with Crippen LogP contribution in [0, 0.1) is 0 Å². The Bertz CT molecular complexity index is 790. The summed E-state index contributed by atoms with van der Waals surface area (Å²) in [5.74, 6) is 0. The molecule has 0 N–H and O–H groups in total. The molecule has 2 aromatic carbocycles. The molecule has 1 aliphatic heterocycles. The molecular formula is C20H19F6NO2. The third kappa shape index (κ3) is 5.29. The summed E-state index contributed by atoms with van der Waals surface area (Å²) >= 11 is 0. The van der Waals surface area contributed by atoms with Crippen LogP contribution in [0.4, 0.5) is 26.3 Å². The number of morpholine rings is 1. The van der Waals surface area contributed by atoms with E-state index in [0.29, 0.717) is 25.3 Å². The van der Waals surface area contributed by atoms with Crippen molar-refractivity contribution in [2.75, 3.05) is 13.2 Å². The Kier molecular flexibility index (Phi) is 6.21. The van der Waals surface area contributed by atoms with Crippen LogP contribution in [0.15, 0.2) is 48.5 Å². The van der Waals surface area contributed by atoms with E-state index in [-0.39, 0.29) is 23.7 Å². The van der Waals surface area contributed by atoms with E-state index in [1.165, 1.54) is 0 Å². The van der Waals surface area contributed by atoms with E-state index < -0.39 is 30.1 Å². The van der Waals surface area contributed by atoms with Crippen LogP contribution >= 0.6 is 0 Å². The van der Waals surface area contributed by atoms with Crippen LogP contribution in [0.1, 0.15) is 35.2 Å². The van der Waals surface area contributed by atoms with Crippen LogP contribution in [0.2, 0.25) is 0 Å². The van der Waals surface area contributed by atoms with Gasteiger partial charge >= 0.3 is 12.4 Å². The fourth-order valence-corrected chi connectivity index (χ4v) is 3.19. The highest BCUT2D eigenvalue weighted by molar-refractivity contribution is 5.33. The Hall–Kier alpha value is -2.10. The third-order valence-electron chi connectivity index (χ3n) is 4.59. The second kappa shape index (κ2) is 8.33. The molecule has 0 unspecified atom stereocenters. The highest BCUT2D eigenvalue weighted by Crippen LogP contribution is 2.37. The molecule has 0 spiro atoms. The van der Waals surface area contributed by atoms with Crippen molar-refractivity contribution >= 4 is 0 Å². The average Bonchev–Trinajstić information content (AvgIpc) is 2.66. The summed E-state index contributed by atoms with van der Waals surface area (Å²) in [7, 11) is 0. The fourth-order valence-electron chi connectivity index (χ4n) is 3.19. The quantitative estimate of drug-likeness (QED) is 0.601. The topological polar surface area (TPSA) is 21.7 Å². The molecule has 0 radical (unpaired) electrons. The average molecular weight is 419 g/mol. The van der Waals surface area contributed by atoms with Crippen LogP contribution in [-0.2, 0) is 28.5 Å². The van der Waals surface area contributed by atoms with Gasteiger partial charge in [0.25, 0.3) is 0 Å². The number of hydroxylamine groups is 2. The summed E-state index contributed by atoms with van der Waals surface area (Å²) in [6, 6.07) is 10.1.